The number of aryl methyl sites for hydroxylation is 1. The van der Waals surface area contributed by atoms with Crippen LogP contribution in [0.4, 0.5) is 0 Å². The van der Waals surface area contributed by atoms with E-state index < -0.39 is 0 Å². The fourth-order valence-corrected chi connectivity index (χ4v) is 5.70. The molecule has 158 valence electrons. The van der Waals surface area contributed by atoms with Gasteiger partial charge in [0.2, 0.25) is 0 Å². The number of rotatable bonds is 8. The van der Waals surface area contributed by atoms with Crippen LogP contribution in [0.1, 0.15) is 68.2 Å². The lowest BCUT2D eigenvalue weighted by molar-refractivity contribution is -0.143. The predicted molar refractivity (Wildman–Crippen MR) is 125 cm³/mol. The molecule has 1 fully saturated rings. The van der Waals surface area contributed by atoms with Crippen molar-refractivity contribution >= 4 is 27.4 Å². The van der Waals surface area contributed by atoms with Gasteiger partial charge in [0.25, 0.3) is 0 Å². The van der Waals surface area contributed by atoms with Gasteiger partial charge in [-0.25, -0.2) is 0 Å². The van der Waals surface area contributed by atoms with Crippen LogP contribution in [0.5, 0.6) is 0 Å². The third-order valence-electron chi connectivity index (χ3n) is 6.27. The fourth-order valence-electron chi connectivity index (χ4n) is 4.65. The van der Waals surface area contributed by atoms with Crippen LogP contribution in [0.2, 0.25) is 0 Å². The highest BCUT2D eigenvalue weighted by molar-refractivity contribution is 7.17. The molecule has 4 rings (SSSR count). The van der Waals surface area contributed by atoms with Crippen LogP contribution in [0.25, 0.3) is 10.1 Å². The van der Waals surface area contributed by atoms with Crippen molar-refractivity contribution in [1.29, 1.82) is 0 Å². The summed E-state index contributed by atoms with van der Waals surface area (Å²) in [5.74, 6) is 0.506. The first-order chi connectivity index (χ1) is 14.6. The molecule has 1 aliphatic carbocycles. The molecule has 1 aliphatic rings. The Morgan fingerprint density at radius 3 is 2.77 bits per heavy atom. The zero-order valence-electron chi connectivity index (χ0n) is 17.9. The number of fused-ring (bicyclic) bond motifs is 1. The van der Waals surface area contributed by atoms with Gasteiger partial charge >= 0.3 is 5.97 Å². The van der Waals surface area contributed by atoms with Crippen molar-refractivity contribution in [1.82, 2.24) is 5.32 Å². The topological polar surface area (TPSA) is 38.3 Å². The first kappa shape index (κ1) is 21.1. The number of carbonyl (C=O) groups excluding carboxylic acids is 1. The lowest BCUT2D eigenvalue weighted by Gasteiger charge is -2.20. The largest absolute Gasteiger partial charge is 0.466 e. The van der Waals surface area contributed by atoms with Crippen molar-refractivity contribution in [3.63, 3.8) is 0 Å². The minimum absolute atomic E-state index is 0.112. The number of esters is 1. The normalized spacial score (nSPS) is 19.8. The molecule has 3 nitrogen and oxygen atoms in total. The van der Waals surface area contributed by atoms with Crippen molar-refractivity contribution in [2.24, 2.45) is 0 Å². The van der Waals surface area contributed by atoms with Crippen LogP contribution in [0.15, 0.2) is 53.9 Å². The van der Waals surface area contributed by atoms with Crippen molar-refractivity contribution in [2.75, 3.05) is 6.61 Å². The van der Waals surface area contributed by atoms with E-state index in [1.807, 2.05) is 18.3 Å². The summed E-state index contributed by atoms with van der Waals surface area (Å²) >= 11 is 1.84. The SMILES string of the molecule is CCOC(=O)CCc1ccc([C@H]2CC[C@H](N[C@H](C)c3csc4ccccc34)C2)cc1. The molecular weight excluding hydrogens is 390 g/mol. The highest BCUT2D eigenvalue weighted by atomic mass is 32.1. The Hall–Kier alpha value is -2.17. The number of thiophene rings is 1. The lowest BCUT2D eigenvalue weighted by Crippen LogP contribution is -2.29. The van der Waals surface area contributed by atoms with Gasteiger partial charge in [-0.2, -0.15) is 0 Å². The van der Waals surface area contributed by atoms with Gasteiger partial charge in [0.05, 0.1) is 6.61 Å². The van der Waals surface area contributed by atoms with Gasteiger partial charge in [-0.1, -0.05) is 42.5 Å². The van der Waals surface area contributed by atoms with E-state index in [-0.39, 0.29) is 5.97 Å². The summed E-state index contributed by atoms with van der Waals surface area (Å²) < 4.78 is 6.39. The maximum atomic E-state index is 11.5. The molecule has 0 radical (unpaired) electrons. The fraction of sp³-hybridized carbons (Fsp3) is 0.423. The first-order valence-corrected chi connectivity index (χ1v) is 12.0. The van der Waals surface area contributed by atoms with Gasteiger partial charge in [-0.3, -0.25) is 4.79 Å². The van der Waals surface area contributed by atoms with E-state index in [9.17, 15) is 4.79 Å². The van der Waals surface area contributed by atoms with Crippen LogP contribution in [-0.2, 0) is 16.0 Å². The highest BCUT2D eigenvalue weighted by Gasteiger charge is 2.27. The van der Waals surface area contributed by atoms with Gasteiger partial charge in [0.1, 0.15) is 0 Å². The second kappa shape index (κ2) is 9.76. The Balaban J connectivity index is 1.31. The maximum absolute atomic E-state index is 11.5. The Bertz CT molecular complexity index is 978. The molecule has 0 amide bonds. The minimum atomic E-state index is -0.112. The molecule has 1 heterocycles. The van der Waals surface area contributed by atoms with E-state index in [1.165, 1.54) is 46.0 Å². The van der Waals surface area contributed by atoms with E-state index >= 15 is 0 Å². The number of nitrogens with one attached hydrogen (secondary N) is 1. The zero-order chi connectivity index (χ0) is 20.9. The van der Waals surface area contributed by atoms with E-state index in [0.29, 0.717) is 31.0 Å². The number of ether oxygens (including phenoxy) is 1. The first-order valence-electron chi connectivity index (χ1n) is 11.1. The van der Waals surface area contributed by atoms with E-state index in [1.54, 1.807) is 0 Å². The quantitative estimate of drug-likeness (QED) is 0.429. The summed E-state index contributed by atoms with van der Waals surface area (Å²) in [4.78, 5) is 11.5. The molecule has 1 saturated carbocycles. The van der Waals surface area contributed by atoms with E-state index in [4.69, 9.17) is 4.74 Å². The number of hydrogen-bond acceptors (Lipinski definition) is 4. The van der Waals surface area contributed by atoms with Crippen molar-refractivity contribution in [3.8, 4) is 0 Å². The molecule has 0 saturated heterocycles. The van der Waals surface area contributed by atoms with E-state index in [2.05, 4.69) is 66.2 Å². The van der Waals surface area contributed by atoms with Crippen LogP contribution in [-0.4, -0.2) is 18.6 Å². The summed E-state index contributed by atoms with van der Waals surface area (Å²) in [6, 6.07) is 18.5. The van der Waals surface area contributed by atoms with Gasteiger partial charge in [0.15, 0.2) is 0 Å². The minimum Gasteiger partial charge on any atom is -0.466 e. The van der Waals surface area contributed by atoms with Gasteiger partial charge in [-0.05, 0) is 79.0 Å². The van der Waals surface area contributed by atoms with Gasteiger partial charge in [0, 0.05) is 23.2 Å². The molecule has 0 aliphatic heterocycles. The third kappa shape index (κ3) is 4.93. The number of benzene rings is 2. The second-order valence-electron chi connectivity index (χ2n) is 8.33. The molecule has 2 aromatic carbocycles. The van der Waals surface area contributed by atoms with Crippen molar-refractivity contribution in [3.05, 3.63) is 70.6 Å². The highest BCUT2D eigenvalue weighted by Crippen LogP contribution is 2.37. The molecule has 0 unspecified atom stereocenters. The number of hydrogen-bond donors (Lipinski definition) is 1. The van der Waals surface area contributed by atoms with Crippen LogP contribution in [0.3, 0.4) is 0 Å². The zero-order valence-corrected chi connectivity index (χ0v) is 18.7. The monoisotopic (exact) mass is 421 g/mol. The van der Waals surface area contributed by atoms with Crippen molar-refractivity contribution in [2.45, 2.75) is 64.0 Å². The van der Waals surface area contributed by atoms with Gasteiger partial charge < -0.3 is 10.1 Å². The smallest absolute Gasteiger partial charge is 0.306 e. The van der Waals surface area contributed by atoms with Crippen molar-refractivity contribution < 1.29 is 9.53 Å². The van der Waals surface area contributed by atoms with Gasteiger partial charge in [-0.15, -0.1) is 11.3 Å². The number of carbonyl (C=O) groups is 1. The summed E-state index contributed by atoms with van der Waals surface area (Å²) in [5.41, 5.74) is 4.05. The standard InChI is InChI=1S/C26H31NO2S/c1-3-29-26(28)15-10-19-8-11-20(12-9-19)21-13-14-22(16-21)27-18(2)24-17-30-25-7-5-4-6-23(24)25/h4-9,11-12,17-18,21-22,27H,3,10,13-16H2,1-2H3/t18-,21+,22+/m1/s1. The average Bonchev–Trinajstić information content (AvgIpc) is 3.40. The third-order valence-corrected chi connectivity index (χ3v) is 7.25. The Morgan fingerprint density at radius 1 is 1.17 bits per heavy atom. The Labute approximate surface area is 183 Å². The van der Waals surface area contributed by atoms with Crippen LogP contribution in [0, 0.1) is 0 Å². The molecular formula is C26H31NO2S. The Kier molecular flexibility index (Phi) is 6.86. The average molecular weight is 422 g/mol. The molecule has 30 heavy (non-hydrogen) atoms. The summed E-state index contributed by atoms with van der Waals surface area (Å²) in [6.45, 7) is 4.59. The molecule has 1 aromatic heterocycles. The molecule has 3 aromatic rings. The second-order valence-corrected chi connectivity index (χ2v) is 9.24. The molecule has 4 heteroatoms. The summed E-state index contributed by atoms with van der Waals surface area (Å²) in [7, 11) is 0. The van der Waals surface area contributed by atoms with Crippen LogP contribution < -0.4 is 5.32 Å². The lowest BCUT2D eigenvalue weighted by atomic mass is 9.95. The molecule has 3 atom stereocenters. The molecule has 0 bridgehead atoms. The molecule has 0 spiro atoms. The maximum Gasteiger partial charge on any atom is 0.306 e. The summed E-state index contributed by atoms with van der Waals surface area (Å²) in [6.07, 6.45) is 4.85. The predicted octanol–water partition coefficient (Wildman–Crippen LogP) is 6.38. The summed E-state index contributed by atoms with van der Waals surface area (Å²) in [5, 5.41) is 7.58. The van der Waals surface area contributed by atoms with E-state index in [0.717, 1.165) is 6.42 Å². The Morgan fingerprint density at radius 2 is 1.97 bits per heavy atom. The van der Waals surface area contributed by atoms with Crippen LogP contribution >= 0.6 is 11.3 Å². The molecule has 1 N–H and O–H groups in total.